The molecule has 2 amide bonds. The minimum absolute atomic E-state index is 0.266. The van der Waals surface area contributed by atoms with Crippen LogP contribution in [0.5, 0.6) is 5.75 Å². The minimum Gasteiger partial charge on any atom is -0.493 e. The number of halogens is 3. The van der Waals surface area contributed by atoms with E-state index >= 15 is 0 Å². The predicted octanol–water partition coefficient (Wildman–Crippen LogP) is 4.63. The minimum atomic E-state index is -0.927. The average molecular weight is 473 g/mol. The van der Waals surface area contributed by atoms with Crippen LogP contribution in [0, 0.1) is 0 Å². The Bertz CT molecular complexity index is 875. The Labute approximate surface area is 175 Å². The van der Waals surface area contributed by atoms with Gasteiger partial charge in [-0.25, -0.2) is 5.43 Å². The summed E-state index contributed by atoms with van der Waals surface area (Å²) in [7, 11) is 0. The van der Waals surface area contributed by atoms with Crippen molar-refractivity contribution in [3.8, 4) is 5.75 Å². The molecule has 0 bridgehead atoms. The number of hydrazone groups is 1. The fraction of sp³-hybridized carbons (Fsp3) is 0.167. The third-order valence-corrected chi connectivity index (χ3v) is 4.42. The van der Waals surface area contributed by atoms with Gasteiger partial charge in [-0.05, 0) is 42.8 Å². The summed E-state index contributed by atoms with van der Waals surface area (Å²) in [6.45, 7) is 2.56. The molecular formula is C18H16BrCl2N3O3. The number of nitrogens with zero attached hydrogens (tertiary/aromatic N) is 1. The summed E-state index contributed by atoms with van der Waals surface area (Å²) in [6.07, 6.45) is 2.26. The van der Waals surface area contributed by atoms with Gasteiger partial charge in [-0.1, -0.05) is 46.1 Å². The highest BCUT2D eigenvalue weighted by atomic mass is 79.9. The topological polar surface area (TPSA) is 79.8 Å². The first-order valence-electron chi connectivity index (χ1n) is 7.92. The first kappa shape index (κ1) is 21.2. The van der Waals surface area contributed by atoms with Crippen molar-refractivity contribution in [3.05, 3.63) is 56.5 Å². The number of carbonyl (C=O) groups is 2. The number of rotatable bonds is 6. The highest BCUT2D eigenvalue weighted by molar-refractivity contribution is 9.10. The fourth-order valence-corrected chi connectivity index (χ4v) is 2.61. The lowest BCUT2D eigenvalue weighted by molar-refractivity contribution is -0.136. The monoisotopic (exact) mass is 471 g/mol. The fourth-order valence-electron chi connectivity index (χ4n) is 1.94. The third kappa shape index (κ3) is 6.53. The summed E-state index contributed by atoms with van der Waals surface area (Å²) in [4.78, 5) is 23.8. The molecule has 0 aliphatic rings. The molecule has 2 N–H and O–H groups in total. The number of benzene rings is 2. The molecule has 0 radical (unpaired) electrons. The van der Waals surface area contributed by atoms with Crippen molar-refractivity contribution in [2.75, 3.05) is 11.9 Å². The zero-order chi connectivity index (χ0) is 19.8. The zero-order valence-electron chi connectivity index (χ0n) is 14.3. The van der Waals surface area contributed by atoms with E-state index < -0.39 is 11.8 Å². The van der Waals surface area contributed by atoms with Gasteiger partial charge in [-0.3, -0.25) is 9.59 Å². The number of carbonyl (C=O) groups excluding carboxylic acids is 2. The summed E-state index contributed by atoms with van der Waals surface area (Å²) < 4.78 is 6.45. The zero-order valence-corrected chi connectivity index (χ0v) is 17.4. The summed E-state index contributed by atoms with van der Waals surface area (Å²) in [5, 5.41) is 6.83. The SMILES string of the molecule is CCCOc1ccc(Br)cc1/C=N\NC(=O)C(=O)Nc1ccc(Cl)c(Cl)c1. The second-order valence-corrected chi connectivity index (χ2v) is 7.04. The van der Waals surface area contributed by atoms with Crippen molar-refractivity contribution in [2.45, 2.75) is 13.3 Å². The molecule has 0 saturated heterocycles. The van der Waals surface area contributed by atoms with Gasteiger partial charge in [0.15, 0.2) is 0 Å². The molecule has 0 fully saturated rings. The Morgan fingerprint density at radius 3 is 2.63 bits per heavy atom. The van der Waals surface area contributed by atoms with Crippen molar-refractivity contribution < 1.29 is 14.3 Å². The van der Waals surface area contributed by atoms with Crippen molar-refractivity contribution in [1.29, 1.82) is 0 Å². The molecule has 0 aliphatic heterocycles. The van der Waals surface area contributed by atoms with Crippen molar-refractivity contribution in [2.24, 2.45) is 5.10 Å². The Morgan fingerprint density at radius 2 is 1.93 bits per heavy atom. The van der Waals surface area contributed by atoms with E-state index in [4.69, 9.17) is 27.9 Å². The van der Waals surface area contributed by atoms with Gasteiger partial charge in [0.25, 0.3) is 0 Å². The molecule has 2 aromatic carbocycles. The van der Waals surface area contributed by atoms with Gasteiger partial charge >= 0.3 is 11.8 Å². The van der Waals surface area contributed by atoms with E-state index in [0.717, 1.165) is 10.9 Å². The van der Waals surface area contributed by atoms with Crippen molar-refractivity contribution >= 4 is 62.8 Å². The quantitative estimate of drug-likeness (QED) is 0.365. The summed E-state index contributed by atoms with van der Waals surface area (Å²) in [6, 6.07) is 9.90. The highest BCUT2D eigenvalue weighted by Crippen LogP contribution is 2.25. The predicted molar refractivity (Wildman–Crippen MR) is 111 cm³/mol. The number of nitrogens with one attached hydrogen (secondary N) is 2. The molecular weight excluding hydrogens is 457 g/mol. The van der Waals surface area contributed by atoms with Gasteiger partial charge in [0.05, 0.1) is 22.9 Å². The molecule has 6 nitrogen and oxygen atoms in total. The second-order valence-electron chi connectivity index (χ2n) is 5.31. The van der Waals surface area contributed by atoms with E-state index in [9.17, 15) is 9.59 Å². The van der Waals surface area contributed by atoms with Gasteiger partial charge in [-0.15, -0.1) is 0 Å². The number of ether oxygens (including phenoxy) is 1. The van der Waals surface area contributed by atoms with E-state index in [1.165, 1.54) is 24.4 Å². The van der Waals surface area contributed by atoms with Crippen molar-refractivity contribution in [3.63, 3.8) is 0 Å². The van der Waals surface area contributed by atoms with Crippen LogP contribution in [-0.4, -0.2) is 24.6 Å². The van der Waals surface area contributed by atoms with Gasteiger partial charge in [0.2, 0.25) is 0 Å². The van der Waals surface area contributed by atoms with Crippen LogP contribution in [0.3, 0.4) is 0 Å². The number of hydrogen-bond donors (Lipinski definition) is 2. The maximum atomic E-state index is 11.9. The molecule has 9 heteroatoms. The lowest BCUT2D eigenvalue weighted by Crippen LogP contribution is -2.32. The van der Waals surface area contributed by atoms with Crippen LogP contribution in [0.25, 0.3) is 0 Å². The maximum Gasteiger partial charge on any atom is 0.329 e. The molecule has 0 heterocycles. The lowest BCUT2D eigenvalue weighted by atomic mass is 10.2. The molecule has 0 unspecified atom stereocenters. The molecule has 2 rings (SSSR count). The molecule has 142 valence electrons. The Kier molecular flexibility index (Phi) is 8.09. The summed E-state index contributed by atoms with van der Waals surface area (Å²) in [5.41, 5.74) is 3.17. The van der Waals surface area contributed by atoms with Crippen LogP contribution in [-0.2, 0) is 9.59 Å². The molecule has 0 saturated carbocycles. The van der Waals surface area contributed by atoms with Gasteiger partial charge in [0, 0.05) is 15.7 Å². The smallest absolute Gasteiger partial charge is 0.329 e. The molecule has 0 aliphatic carbocycles. The molecule has 2 aromatic rings. The van der Waals surface area contributed by atoms with Gasteiger partial charge in [0.1, 0.15) is 5.75 Å². The van der Waals surface area contributed by atoms with E-state index in [-0.39, 0.29) is 5.02 Å². The molecule has 0 aromatic heterocycles. The normalized spacial score (nSPS) is 10.7. The summed E-state index contributed by atoms with van der Waals surface area (Å²) >= 11 is 15.0. The first-order chi connectivity index (χ1) is 12.9. The van der Waals surface area contributed by atoms with Crippen LogP contribution >= 0.6 is 39.1 Å². The first-order valence-corrected chi connectivity index (χ1v) is 9.47. The third-order valence-electron chi connectivity index (χ3n) is 3.19. The Hall–Kier alpha value is -2.09. The van der Waals surface area contributed by atoms with Gasteiger partial charge in [-0.2, -0.15) is 5.10 Å². The number of hydrogen-bond acceptors (Lipinski definition) is 4. The molecule has 0 atom stereocenters. The molecule has 27 heavy (non-hydrogen) atoms. The maximum absolute atomic E-state index is 11.9. The second kappa shape index (κ2) is 10.3. The van der Waals surface area contributed by atoms with E-state index in [1.807, 2.05) is 13.0 Å². The summed E-state index contributed by atoms with van der Waals surface area (Å²) in [5.74, 6) is -1.19. The van der Waals surface area contributed by atoms with E-state index in [0.29, 0.717) is 28.6 Å². The number of anilines is 1. The van der Waals surface area contributed by atoms with Crippen molar-refractivity contribution in [1.82, 2.24) is 5.43 Å². The Balaban J connectivity index is 1.98. The highest BCUT2D eigenvalue weighted by Gasteiger charge is 2.13. The van der Waals surface area contributed by atoms with Gasteiger partial charge < -0.3 is 10.1 Å². The Morgan fingerprint density at radius 1 is 1.15 bits per heavy atom. The van der Waals surface area contributed by atoms with Crippen LogP contribution in [0.4, 0.5) is 5.69 Å². The largest absolute Gasteiger partial charge is 0.493 e. The lowest BCUT2D eigenvalue weighted by Gasteiger charge is -2.08. The number of amides is 2. The van der Waals surface area contributed by atoms with Crippen LogP contribution in [0.1, 0.15) is 18.9 Å². The van der Waals surface area contributed by atoms with E-state index in [1.54, 1.807) is 12.1 Å². The van der Waals surface area contributed by atoms with Crippen LogP contribution < -0.4 is 15.5 Å². The van der Waals surface area contributed by atoms with Crippen LogP contribution in [0.2, 0.25) is 10.0 Å². The standard InChI is InChI=1S/C18H16BrCl2N3O3/c1-2-7-27-16-6-3-12(19)8-11(16)10-22-24-18(26)17(25)23-13-4-5-14(20)15(21)9-13/h3-6,8-10H,2,7H2,1H3,(H,23,25)(H,24,26)/b22-10-. The molecule has 0 spiro atoms. The van der Waals surface area contributed by atoms with Crippen LogP contribution in [0.15, 0.2) is 46.0 Å². The van der Waals surface area contributed by atoms with E-state index in [2.05, 4.69) is 31.8 Å². The average Bonchev–Trinajstić information content (AvgIpc) is 2.64.